The quantitative estimate of drug-likeness (QED) is 0.763. The second-order valence-corrected chi connectivity index (χ2v) is 6.29. The van der Waals surface area contributed by atoms with Gasteiger partial charge in [0.15, 0.2) is 0 Å². The number of aromatic nitrogens is 1. The Labute approximate surface area is 124 Å². The Morgan fingerprint density at radius 3 is 2.75 bits per heavy atom. The molecular formula is C17H20N2S. The molecule has 104 valence electrons. The van der Waals surface area contributed by atoms with Gasteiger partial charge in [-0.05, 0) is 55.6 Å². The van der Waals surface area contributed by atoms with Gasteiger partial charge >= 0.3 is 0 Å². The summed E-state index contributed by atoms with van der Waals surface area (Å²) in [7, 11) is 1.99. The van der Waals surface area contributed by atoms with Gasteiger partial charge in [-0.3, -0.25) is 0 Å². The van der Waals surface area contributed by atoms with E-state index in [2.05, 4.69) is 59.4 Å². The van der Waals surface area contributed by atoms with Crippen molar-refractivity contribution in [1.82, 2.24) is 9.88 Å². The molecule has 1 N–H and O–H groups in total. The fourth-order valence-electron chi connectivity index (χ4n) is 2.77. The van der Waals surface area contributed by atoms with Gasteiger partial charge in [-0.15, -0.1) is 11.3 Å². The average Bonchev–Trinajstić information content (AvgIpc) is 3.03. The molecule has 0 aliphatic rings. The number of nitrogens with zero attached hydrogens (tertiary/aromatic N) is 1. The molecule has 0 bridgehead atoms. The summed E-state index contributed by atoms with van der Waals surface area (Å²) in [6.07, 6.45) is 0. The van der Waals surface area contributed by atoms with E-state index in [0.29, 0.717) is 0 Å². The van der Waals surface area contributed by atoms with Gasteiger partial charge in [0.1, 0.15) is 0 Å². The summed E-state index contributed by atoms with van der Waals surface area (Å²) in [5, 5.41) is 6.75. The highest BCUT2D eigenvalue weighted by Gasteiger charge is 2.11. The molecule has 0 unspecified atom stereocenters. The third-order valence-corrected chi connectivity index (χ3v) is 4.84. The van der Waals surface area contributed by atoms with Crippen LogP contribution in [0.3, 0.4) is 0 Å². The highest BCUT2D eigenvalue weighted by molar-refractivity contribution is 7.09. The molecule has 0 aliphatic carbocycles. The second-order valence-electron chi connectivity index (χ2n) is 5.26. The highest BCUT2D eigenvalue weighted by atomic mass is 32.1. The molecule has 1 aromatic carbocycles. The predicted octanol–water partition coefficient (Wildman–Crippen LogP) is 4.09. The van der Waals surface area contributed by atoms with E-state index in [1.165, 1.54) is 32.6 Å². The molecule has 2 heterocycles. The molecule has 0 spiro atoms. The van der Waals surface area contributed by atoms with Gasteiger partial charge < -0.3 is 9.88 Å². The minimum atomic E-state index is 0.921. The standard InChI is InChI=1S/C17H20N2S/c1-12-13(2)19(11-15-5-4-8-20-15)17-7-6-14(10-18-3)9-16(12)17/h4-9,18H,10-11H2,1-3H3. The van der Waals surface area contributed by atoms with Gasteiger partial charge in [0.05, 0.1) is 6.54 Å². The van der Waals surface area contributed by atoms with E-state index < -0.39 is 0 Å². The summed E-state index contributed by atoms with van der Waals surface area (Å²) in [6, 6.07) is 11.1. The normalized spacial score (nSPS) is 11.3. The third-order valence-electron chi connectivity index (χ3n) is 3.98. The Kier molecular flexibility index (Phi) is 3.64. The van der Waals surface area contributed by atoms with Crippen molar-refractivity contribution in [3.8, 4) is 0 Å². The monoisotopic (exact) mass is 284 g/mol. The zero-order chi connectivity index (χ0) is 14.1. The maximum Gasteiger partial charge on any atom is 0.0572 e. The van der Waals surface area contributed by atoms with E-state index in [1.807, 2.05) is 18.4 Å². The minimum Gasteiger partial charge on any atom is -0.339 e. The fourth-order valence-corrected chi connectivity index (χ4v) is 3.47. The van der Waals surface area contributed by atoms with Gasteiger partial charge in [-0.25, -0.2) is 0 Å². The van der Waals surface area contributed by atoms with Gasteiger partial charge in [0.2, 0.25) is 0 Å². The number of nitrogens with one attached hydrogen (secondary N) is 1. The first-order valence-electron chi connectivity index (χ1n) is 6.96. The van der Waals surface area contributed by atoms with Crippen LogP contribution in [0.4, 0.5) is 0 Å². The Morgan fingerprint density at radius 1 is 1.20 bits per heavy atom. The average molecular weight is 284 g/mol. The predicted molar refractivity (Wildman–Crippen MR) is 87.6 cm³/mol. The van der Waals surface area contributed by atoms with E-state index in [0.717, 1.165) is 13.1 Å². The van der Waals surface area contributed by atoms with Crippen LogP contribution in [0.2, 0.25) is 0 Å². The van der Waals surface area contributed by atoms with Crippen LogP contribution in [0.15, 0.2) is 35.7 Å². The first-order chi connectivity index (χ1) is 9.70. The Hall–Kier alpha value is -1.58. The first kappa shape index (κ1) is 13.4. The topological polar surface area (TPSA) is 17.0 Å². The molecule has 0 radical (unpaired) electrons. The molecule has 0 aliphatic heterocycles. The van der Waals surface area contributed by atoms with Crippen molar-refractivity contribution < 1.29 is 0 Å². The molecule has 2 aromatic heterocycles. The lowest BCUT2D eigenvalue weighted by Crippen LogP contribution is -2.04. The van der Waals surface area contributed by atoms with Crippen molar-refractivity contribution in [3.63, 3.8) is 0 Å². The van der Waals surface area contributed by atoms with Gasteiger partial charge in [-0.1, -0.05) is 12.1 Å². The number of hydrogen-bond acceptors (Lipinski definition) is 2. The van der Waals surface area contributed by atoms with Crippen molar-refractivity contribution in [2.24, 2.45) is 0 Å². The van der Waals surface area contributed by atoms with Gasteiger partial charge in [0, 0.05) is 28.0 Å². The van der Waals surface area contributed by atoms with E-state index in [9.17, 15) is 0 Å². The Morgan fingerprint density at radius 2 is 2.05 bits per heavy atom. The van der Waals surface area contributed by atoms with Crippen LogP contribution < -0.4 is 5.32 Å². The molecule has 0 atom stereocenters. The van der Waals surface area contributed by atoms with Gasteiger partial charge in [0.25, 0.3) is 0 Å². The zero-order valence-electron chi connectivity index (χ0n) is 12.2. The summed E-state index contributed by atoms with van der Waals surface area (Å²) in [5.41, 5.74) is 5.45. The summed E-state index contributed by atoms with van der Waals surface area (Å²) < 4.78 is 2.43. The Bertz CT molecular complexity index is 723. The number of benzene rings is 1. The SMILES string of the molecule is CNCc1ccc2c(c1)c(C)c(C)n2Cc1cccs1. The van der Waals surface area contributed by atoms with Crippen molar-refractivity contribution in [2.45, 2.75) is 26.9 Å². The molecule has 3 aromatic rings. The maximum absolute atomic E-state index is 3.22. The van der Waals surface area contributed by atoms with Crippen molar-refractivity contribution >= 4 is 22.2 Å². The molecule has 2 nitrogen and oxygen atoms in total. The summed E-state index contributed by atoms with van der Waals surface area (Å²) in [4.78, 5) is 1.41. The molecule has 3 heteroatoms. The van der Waals surface area contributed by atoms with E-state index in [4.69, 9.17) is 0 Å². The summed E-state index contributed by atoms with van der Waals surface area (Å²) >= 11 is 1.82. The van der Waals surface area contributed by atoms with Crippen LogP contribution in [0.25, 0.3) is 10.9 Å². The van der Waals surface area contributed by atoms with Crippen molar-refractivity contribution in [2.75, 3.05) is 7.05 Å². The Balaban J connectivity index is 2.10. The van der Waals surface area contributed by atoms with E-state index >= 15 is 0 Å². The maximum atomic E-state index is 3.22. The van der Waals surface area contributed by atoms with E-state index in [1.54, 1.807) is 0 Å². The molecule has 0 fully saturated rings. The molecule has 3 rings (SSSR count). The van der Waals surface area contributed by atoms with Gasteiger partial charge in [-0.2, -0.15) is 0 Å². The van der Waals surface area contributed by atoms with Crippen molar-refractivity contribution in [1.29, 1.82) is 0 Å². The van der Waals surface area contributed by atoms with Crippen LogP contribution in [0, 0.1) is 13.8 Å². The van der Waals surface area contributed by atoms with Crippen molar-refractivity contribution in [3.05, 3.63) is 57.4 Å². The summed E-state index contributed by atoms with van der Waals surface area (Å²) in [5.74, 6) is 0. The number of fused-ring (bicyclic) bond motifs is 1. The number of hydrogen-bond donors (Lipinski definition) is 1. The number of thiophene rings is 1. The lowest BCUT2D eigenvalue weighted by atomic mass is 10.1. The second kappa shape index (κ2) is 5.43. The lowest BCUT2D eigenvalue weighted by Gasteiger charge is -2.07. The highest BCUT2D eigenvalue weighted by Crippen LogP contribution is 2.27. The zero-order valence-corrected chi connectivity index (χ0v) is 13.1. The molecule has 0 amide bonds. The van der Waals surface area contributed by atoms with Crippen LogP contribution in [-0.2, 0) is 13.1 Å². The fraction of sp³-hybridized carbons (Fsp3) is 0.294. The number of rotatable bonds is 4. The summed E-state index contributed by atoms with van der Waals surface area (Å²) in [6.45, 7) is 6.34. The molecule has 0 saturated heterocycles. The number of aryl methyl sites for hydroxylation is 1. The van der Waals surface area contributed by atoms with Crippen LogP contribution in [0.1, 0.15) is 21.7 Å². The van der Waals surface area contributed by atoms with Crippen LogP contribution >= 0.6 is 11.3 Å². The first-order valence-corrected chi connectivity index (χ1v) is 7.84. The molecular weight excluding hydrogens is 264 g/mol. The minimum absolute atomic E-state index is 0.921. The van der Waals surface area contributed by atoms with Crippen LogP contribution in [0.5, 0.6) is 0 Å². The third kappa shape index (κ3) is 2.28. The molecule has 0 saturated carbocycles. The smallest absolute Gasteiger partial charge is 0.0572 e. The van der Waals surface area contributed by atoms with E-state index in [-0.39, 0.29) is 0 Å². The molecule has 20 heavy (non-hydrogen) atoms. The largest absolute Gasteiger partial charge is 0.339 e. The van der Waals surface area contributed by atoms with Crippen LogP contribution in [-0.4, -0.2) is 11.6 Å². The lowest BCUT2D eigenvalue weighted by molar-refractivity contribution is 0.810.